The lowest BCUT2D eigenvalue weighted by molar-refractivity contribution is -0.117. The number of carbonyl (C=O) groups excluding carboxylic acids is 2. The lowest BCUT2D eigenvalue weighted by Gasteiger charge is -2.16. The molecular formula is C26H25N5O2. The van der Waals surface area contributed by atoms with Crippen LogP contribution >= 0.6 is 0 Å². The fourth-order valence-corrected chi connectivity index (χ4v) is 4.37. The Morgan fingerprint density at radius 1 is 1.00 bits per heavy atom. The molecule has 0 unspecified atom stereocenters. The Bertz CT molecular complexity index is 1370. The van der Waals surface area contributed by atoms with Gasteiger partial charge in [-0.25, -0.2) is 4.98 Å². The fourth-order valence-electron chi connectivity index (χ4n) is 4.37. The SMILES string of the molecule is CN(C)C(=O)c1cnc2c(c1)c(-c1cncc(-c3ccc(N4CCCC4=O)cc3)c1)cn2C. The van der Waals surface area contributed by atoms with Crippen molar-refractivity contribution in [2.45, 2.75) is 12.8 Å². The second-order valence-corrected chi connectivity index (χ2v) is 8.61. The molecule has 0 spiro atoms. The number of pyridine rings is 2. The third kappa shape index (κ3) is 3.75. The number of rotatable bonds is 4. The number of benzene rings is 1. The molecule has 0 N–H and O–H groups in total. The average molecular weight is 440 g/mol. The molecule has 1 aromatic carbocycles. The van der Waals surface area contributed by atoms with E-state index >= 15 is 0 Å². The van der Waals surface area contributed by atoms with Crippen molar-refractivity contribution in [3.05, 3.63) is 66.7 Å². The van der Waals surface area contributed by atoms with Crippen molar-refractivity contribution in [2.24, 2.45) is 7.05 Å². The largest absolute Gasteiger partial charge is 0.345 e. The van der Waals surface area contributed by atoms with Crippen molar-refractivity contribution >= 4 is 28.5 Å². The summed E-state index contributed by atoms with van der Waals surface area (Å²) < 4.78 is 1.96. The quantitative estimate of drug-likeness (QED) is 0.479. The van der Waals surface area contributed by atoms with E-state index in [1.165, 1.54) is 0 Å². The molecule has 7 nitrogen and oxygen atoms in total. The molecule has 2 amide bonds. The van der Waals surface area contributed by atoms with Gasteiger partial charge in [-0.1, -0.05) is 12.1 Å². The minimum atomic E-state index is -0.0809. The van der Waals surface area contributed by atoms with Gasteiger partial charge in [0.1, 0.15) is 5.65 Å². The van der Waals surface area contributed by atoms with Gasteiger partial charge in [-0.2, -0.15) is 0 Å². The van der Waals surface area contributed by atoms with Crippen molar-refractivity contribution in [1.82, 2.24) is 19.4 Å². The first-order valence-electron chi connectivity index (χ1n) is 11.0. The molecular weight excluding hydrogens is 414 g/mol. The smallest absolute Gasteiger partial charge is 0.254 e. The molecule has 0 atom stereocenters. The molecule has 1 saturated heterocycles. The standard InChI is InChI=1S/C26H25N5O2/c1-29(2)26(33)20-12-22-23(16-30(3)25(22)28-15-20)19-11-18(13-27-14-19)17-6-8-21(9-7-17)31-10-4-5-24(31)32/h6-9,11-16H,4-5,10H2,1-3H3. The normalized spacial score (nSPS) is 13.7. The molecule has 1 fully saturated rings. The van der Waals surface area contributed by atoms with Gasteiger partial charge in [0, 0.05) is 86.7 Å². The second kappa shape index (κ2) is 8.16. The minimum absolute atomic E-state index is 0.0809. The summed E-state index contributed by atoms with van der Waals surface area (Å²) in [6.07, 6.45) is 8.84. The molecule has 4 aromatic rings. The summed E-state index contributed by atoms with van der Waals surface area (Å²) in [5.74, 6) is 0.103. The number of amides is 2. The van der Waals surface area contributed by atoms with Gasteiger partial charge >= 0.3 is 0 Å². The zero-order chi connectivity index (χ0) is 23.1. The minimum Gasteiger partial charge on any atom is -0.345 e. The van der Waals surface area contributed by atoms with E-state index in [0.29, 0.717) is 12.0 Å². The summed E-state index contributed by atoms with van der Waals surface area (Å²) in [6.45, 7) is 0.780. The number of nitrogens with zero attached hydrogens (tertiary/aromatic N) is 5. The number of fused-ring (bicyclic) bond motifs is 1. The number of hydrogen-bond acceptors (Lipinski definition) is 4. The van der Waals surface area contributed by atoms with Crippen LogP contribution in [0.3, 0.4) is 0 Å². The first-order chi connectivity index (χ1) is 15.9. The third-order valence-electron chi connectivity index (χ3n) is 6.10. The molecule has 7 heteroatoms. The van der Waals surface area contributed by atoms with Crippen LogP contribution in [-0.2, 0) is 11.8 Å². The third-order valence-corrected chi connectivity index (χ3v) is 6.10. The van der Waals surface area contributed by atoms with E-state index < -0.39 is 0 Å². The lowest BCUT2D eigenvalue weighted by Crippen LogP contribution is -2.23. The van der Waals surface area contributed by atoms with Crippen molar-refractivity contribution in [3.8, 4) is 22.3 Å². The molecule has 0 radical (unpaired) electrons. The van der Waals surface area contributed by atoms with Crippen LogP contribution in [0.1, 0.15) is 23.2 Å². The number of aromatic nitrogens is 3. The van der Waals surface area contributed by atoms with E-state index in [1.54, 1.807) is 25.2 Å². The number of anilines is 1. The summed E-state index contributed by atoms with van der Waals surface area (Å²) in [7, 11) is 5.41. The van der Waals surface area contributed by atoms with Gasteiger partial charge in [-0.3, -0.25) is 14.6 Å². The topological polar surface area (TPSA) is 71.3 Å². The molecule has 166 valence electrons. The molecule has 0 bridgehead atoms. The Kier molecular flexibility index (Phi) is 5.17. The summed E-state index contributed by atoms with van der Waals surface area (Å²) in [6, 6.07) is 12.0. The van der Waals surface area contributed by atoms with E-state index in [1.807, 2.05) is 65.4 Å². The molecule has 5 rings (SSSR count). The number of hydrogen-bond donors (Lipinski definition) is 0. The Morgan fingerprint density at radius 2 is 1.76 bits per heavy atom. The highest BCUT2D eigenvalue weighted by molar-refractivity contribution is 6.01. The Balaban J connectivity index is 1.52. The maximum atomic E-state index is 12.5. The monoisotopic (exact) mass is 439 g/mol. The Hall–Kier alpha value is -4.00. The predicted octanol–water partition coefficient (Wildman–Crippen LogP) is 4.13. The first kappa shape index (κ1) is 20.9. The van der Waals surface area contributed by atoms with Gasteiger partial charge in [0.15, 0.2) is 0 Å². The number of aryl methyl sites for hydroxylation is 1. The second-order valence-electron chi connectivity index (χ2n) is 8.61. The zero-order valence-electron chi connectivity index (χ0n) is 18.9. The van der Waals surface area contributed by atoms with Crippen LogP contribution in [-0.4, -0.2) is 51.9 Å². The Morgan fingerprint density at radius 3 is 2.45 bits per heavy atom. The number of carbonyl (C=O) groups is 2. The maximum Gasteiger partial charge on any atom is 0.254 e. The highest BCUT2D eigenvalue weighted by Crippen LogP contribution is 2.33. The van der Waals surface area contributed by atoms with E-state index in [9.17, 15) is 9.59 Å². The molecule has 4 heterocycles. The van der Waals surface area contributed by atoms with E-state index in [-0.39, 0.29) is 11.8 Å². The maximum absolute atomic E-state index is 12.5. The highest BCUT2D eigenvalue weighted by atomic mass is 16.2. The van der Waals surface area contributed by atoms with E-state index in [2.05, 4.69) is 16.0 Å². The first-order valence-corrected chi connectivity index (χ1v) is 11.0. The average Bonchev–Trinajstić information content (AvgIpc) is 3.41. The van der Waals surface area contributed by atoms with Gasteiger partial charge < -0.3 is 14.4 Å². The Labute approximate surface area is 192 Å². The van der Waals surface area contributed by atoms with Crippen LogP contribution < -0.4 is 4.90 Å². The van der Waals surface area contributed by atoms with Crippen molar-refractivity contribution in [1.29, 1.82) is 0 Å². The van der Waals surface area contributed by atoms with Crippen LogP contribution in [0, 0.1) is 0 Å². The molecule has 0 saturated carbocycles. The summed E-state index contributed by atoms with van der Waals surface area (Å²) in [5, 5.41) is 0.909. The van der Waals surface area contributed by atoms with Crippen LogP contribution in [0.4, 0.5) is 5.69 Å². The van der Waals surface area contributed by atoms with Gasteiger partial charge in [0.2, 0.25) is 5.91 Å². The van der Waals surface area contributed by atoms with Gasteiger partial charge in [-0.15, -0.1) is 0 Å². The zero-order valence-corrected chi connectivity index (χ0v) is 18.9. The lowest BCUT2D eigenvalue weighted by atomic mass is 10.0. The molecule has 1 aliphatic heterocycles. The van der Waals surface area contributed by atoms with Crippen molar-refractivity contribution in [3.63, 3.8) is 0 Å². The molecule has 0 aliphatic carbocycles. The summed E-state index contributed by atoms with van der Waals surface area (Å²) >= 11 is 0. The van der Waals surface area contributed by atoms with E-state index in [0.717, 1.165) is 51.9 Å². The van der Waals surface area contributed by atoms with Crippen LogP contribution in [0.5, 0.6) is 0 Å². The highest BCUT2D eigenvalue weighted by Gasteiger charge is 2.21. The predicted molar refractivity (Wildman–Crippen MR) is 129 cm³/mol. The van der Waals surface area contributed by atoms with E-state index in [4.69, 9.17) is 0 Å². The fraction of sp³-hybridized carbons (Fsp3) is 0.231. The molecule has 3 aromatic heterocycles. The van der Waals surface area contributed by atoms with Crippen molar-refractivity contribution in [2.75, 3.05) is 25.5 Å². The molecule has 33 heavy (non-hydrogen) atoms. The van der Waals surface area contributed by atoms with Crippen LogP contribution in [0.25, 0.3) is 33.3 Å². The van der Waals surface area contributed by atoms with Crippen LogP contribution in [0.2, 0.25) is 0 Å². The molecule has 1 aliphatic rings. The van der Waals surface area contributed by atoms with Gasteiger partial charge in [-0.05, 0) is 36.2 Å². The summed E-state index contributed by atoms with van der Waals surface area (Å²) in [4.78, 5) is 36.9. The van der Waals surface area contributed by atoms with Crippen molar-refractivity contribution < 1.29 is 9.59 Å². The van der Waals surface area contributed by atoms with Crippen LogP contribution in [0.15, 0.2) is 61.2 Å². The van der Waals surface area contributed by atoms with Gasteiger partial charge in [0.25, 0.3) is 5.91 Å². The summed E-state index contributed by atoms with van der Waals surface area (Å²) in [5.41, 5.74) is 6.24. The van der Waals surface area contributed by atoms with Gasteiger partial charge in [0.05, 0.1) is 5.56 Å².